The zero-order valence-corrected chi connectivity index (χ0v) is 14.8. The maximum absolute atomic E-state index is 12.4. The summed E-state index contributed by atoms with van der Waals surface area (Å²) in [4.78, 5) is 49.0. The summed E-state index contributed by atoms with van der Waals surface area (Å²) in [6.07, 6.45) is 0.482. The molecule has 1 fully saturated rings. The molecule has 1 aromatic heterocycles. The highest BCUT2D eigenvalue weighted by Crippen LogP contribution is 2.12. The van der Waals surface area contributed by atoms with Crippen LogP contribution in [0, 0.1) is 0 Å². The summed E-state index contributed by atoms with van der Waals surface area (Å²) in [5, 5.41) is 8.97. The van der Waals surface area contributed by atoms with Crippen molar-refractivity contribution in [3.8, 4) is 0 Å². The summed E-state index contributed by atoms with van der Waals surface area (Å²) in [6, 6.07) is 0.892. The summed E-state index contributed by atoms with van der Waals surface area (Å²) in [5.74, 6) is -1.28. The molecule has 25 heavy (non-hydrogen) atoms. The van der Waals surface area contributed by atoms with E-state index in [4.69, 9.17) is 0 Å². The van der Waals surface area contributed by atoms with Crippen LogP contribution in [-0.2, 0) is 19.1 Å². The van der Waals surface area contributed by atoms with Gasteiger partial charge in [0.2, 0.25) is 11.8 Å². The standard InChI is InChI=1S/C16H21N3O5S/c1-24-14(21)9-12-16(23)18-6-7-19(12)13(20)3-2-5-17-15(22)11-4-8-25-10-11/h4,8,10,12H,2-3,5-7,9H2,1H3,(H,17,22)(H,18,23). The maximum Gasteiger partial charge on any atom is 0.308 e. The van der Waals surface area contributed by atoms with Crippen molar-refractivity contribution < 1.29 is 23.9 Å². The minimum Gasteiger partial charge on any atom is -0.469 e. The molecule has 0 bridgehead atoms. The molecule has 2 N–H and O–H groups in total. The van der Waals surface area contributed by atoms with Gasteiger partial charge in [-0.1, -0.05) is 0 Å². The van der Waals surface area contributed by atoms with Gasteiger partial charge in [-0.25, -0.2) is 0 Å². The zero-order chi connectivity index (χ0) is 18.2. The molecule has 1 atom stereocenters. The Morgan fingerprint density at radius 2 is 2.24 bits per heavy atom. The van der Waals surface area contributed by atoms with Crippen molar-refractivity contribution in [2.24, 2.45) is 0 Å². The highest BCUT2D eigenvalue weighted by molar-refractivity contribution is 7.08. The van der Waals surface area contributed by atoms with Gasteiger partial charge < -0.3 is 20.3 Å². The first-order valence-corrected chi connectivity index (χ1v) is 8.91. The number of methoxy groups -OCH3 is 1. The van der Waals surface area contributed by atoms with Crippen molar-refractivity contribution in [1.82, 2.24) is 15.5 Å². The highest BCUT2D eigenvalue weighted by Gasteiger charge is 2.34. The Morgan fingerprint density at radius 1 is 1.44 bits per heavy atom. The van der Waals surface area contributed by atoms with Gasteiger partial charge in [-0.3, -0.25) is 19.2 Å². The van der Waals surface area contributed by atoms with Crippen LogP contribution in [0.15, 0.2) is 16.8 Å². The molecule has 1 aliphatic rings. The first kappa shape index (κ1) is 18.9. The molecule has 8 nitrogen and oxygen atoms in total. The van der Waals surface area contributed by atoms with E-state index in [1.807, 2.05) is 5.38 Å². The van der Waals surface area contributed by atoms with Crippen LogP contribution < -0.4 is 10.6 Å². The molecule has 2 rings (SSSR count). The van der Waals surface area contributed by atoms with E-state index in [0.29, 0.717) is 31.6 Å². The monoisotopic (exact) mass is 367 g/mol. The number of carbonyl (C=O) groups is 4. The van der Waals surface area contributed by atoms with Crippen molar-refractivity contribution in [1.29, 1.82) is 0 Å². The third-order valence-electron chi connectivity index (χ3n) is 3.88. The van der Waals surface area contributed by atoms with Crippen LogP contribution in [0.2, 0.25) is 0 Å². The minimum absolute atomic E-state index is 0.164. The van der Waals surface area contributed by atoms with Crippen LogP contribution in [0.3, 0.4) is 0 Å². The van der Waals surface area contributed by atoms with Gasteiger partial charge in [0.1, 0.15) is 6.04 Å². The predicted molar refractivity (Wildman–Crippen MR) is 91.0 cm³/mol. The van der Waals surface area contributed by atoms with Gasteiger partial charge in [-0.05, 0) is 17.9 Å². The second kappa shape index (κ2) is 9.16. The molecular formula is C16H21N3O5S. The smallest absolute Gasteiger partial charge is 0.308 e. The first-order valence-electron chi connectivity index (χ1n) is 7.97. The van der Waals surface area contributed by atoms with Crippen LogP contribution in [0.1, 0.15) is 29.6 Å². The van der Waals surface area contributed by atoms with Crippen molar-refractivity contribution in [2.45, 2.75) is 25.3 Å². The quantitative estimate of drug-likeness (QED) is 0.527. The number of rotatable bonds is 7. The predicted octanol–water partition coefficient (Wildman–Crippen LogP) is 0.148. The number of thiophene rings is 1. The van der Waals surface area contributed by atoms with Gasteiger partial charge in [0, 0.05) is 37.0 Å². The molecule has 1 saturated heterocycles. The average molecular weight is 367 g/mol. The molecule has 0 saturated carbocycles. The van der Waals surface area contributed by atoms with Crippen molar-refractivity contribution in [3.05, 3.63) is 22.4 Å². The lowest BCUT2D eigenvalue weighted by Gasteiger charge is -2.34. The highest BCUT2D eigenvalue weighted by atomic mass is 32.1. The fraction of sp³-hybridized carbons (Fsp3) is 0.500. The topological polar surface area (TPSA) is 105 Å². The van der Waals surface area contributed by atoms with Crippen LogP contribution in [-0.4, -0.2) is 61.4 Å². The summed E-state index contributed by atoms with van der Waals surface area (Å²) >= 11 is 1.44. The molecule has 1 unspecified atom stereocenters. The normalized spacial score (nSPS) is 16.9. The second-order valence-corrected chi connectivity index (χ2v) is 6.33. The lowest BCUT2D eigenvalue weighted by molar-refractivity contribution is -0.150. The number of piperazine rings is 1. The van der Waals surface area contributed by atoms with Crippen LogP contribution >= 0.6 is 11.3 Å². The van der Waals surface area contributed by atoms with E-state index < -0.39 is 12.0 Å². The fourth-order valence-electron chi connectivity index (χ4n) is 2.54. The SMILES string of the molecule is COC(=O)CC1C(=O)NCCN1C(=O)CCCNC(=O)c1ccsc1. The zero-order valence-electron chi connectivity index (χ0n) is 13.9. The molecule has 0 spiro atoms. The summed E-state index contributed by atoms with van der Waals surface area (Å²) in [6.45, 7) is 1.08. The van der Waals surface area contributed by atoms with Crippen LogP contribution in [0.4, 0.5) is 0 Å². The van der Waals surface area contributed by atoms with E-state index in [1.165, 1.54) is 23.3 Å². The third-order valence-corrected chi connectivity index (χ3v) is 4.56. The number of ether oxygens (including phenoxy) is 1. The number of nitrogens with zero attached hydrogens (tertiary/aromatic N) is 1. The van der Waals surface area contributed by atoms with E-state index in [0.717, 1.165) is 0 Å². The van der Waals surface area contributed by atoms with Gasteiger partial charge in [-0.15, -0.1) is 0 Å². The average Bonchev–Trinajstić information content (AvgIpc) is 3.14. The summed E-state index contributed by atoms with van der Waals surface area (Å²) in [7, 11) is 1.24. The molecule has 0 aromatic carbocycles. The Hall–Kier alpha value is -2.42. The molecule has 3 amide bonds. The molecule has 9 heteroatoms. The Bertz CT molecular complexity index is 632. The first-order chi connectivity index (χ1) is 12.0. The van der Waals surface area contributed by atoms with Gasteiger partial charge >= 0.3 is 5.97 Å². The van der Waals surface area contributed by atoms with Gasteiger partial charge in [0.05, 0.1) is 13.5 Å². The number of amides is 3. The number of hydrogen-bond acceptors (Lipinski definition) is 6. The molecule has 1 aromatic rings. The fourth-order valence-corrected chi connectivity index (χ4v) is 3.17. The van der Waals surface area contributed by atoms with Crippen molar-refractivity contribution in [2.75, 3.05) is 26.7 Å². The van der Waals surface area contributed by atoms with E-state index in [-0.39, 0.29) is 30.6 Å². The largest absolute Gasteiger partial charge is 0.469 e. The Kier molecular flexibility index (Phi) is 6.93. The number of hydrogen-bond donors (Lipinski definition) is 2. The molecule has 136 valence electrons. The molecule has 1 aliphatic heterocycles. The van der Waals surface area contributed by atoms with Gasteiger partial charge in [-0.2, -0.15) is 11.3 Å². The Labute approximate surface area is 149 Å². The van der Waals surface area contributed by atoms with E-state index in [9.17, 15) is 19.2 Å². The van der Waals surface area contributed by atoms with Gasteiger partial charge in [0.25, 0.3) is 5.91 Å². The van der Waals surface area contributed by atoms with E-state index in [1.54, 1.807) is 11.4 Å². The maximum atomic E-state index is 12.4. The molecule has 0 aliphatic carbocycles. The van der Waals surface area contributed by atoms with E-state index >= 15 is 0 Å². The Morgan fingerprint density at radius 3 is 2.92 bits per heavy atom. The van der Waals surface area contributed by atoms with E-state index in [2.05, 4.69) is 15.4 Å². The van der Waals surface area contributed by atoms with Crippen LogP contribution in [0.5, 0.6) is 0 Å². The summed E-state index contributed by atoms with van der Waals surface area (Å²) in [5.41, 5.74) is 0.599. The number of esters is 1. The van der Waals surface area contributed by atoms with Gasteiger partial charge in [0.15, 0.2) is 0 Å². The second-order valence-electron chi connectivity index (χ2n) is 5.55. The number of nitrogens with one attached hydrogen (secondary N) is 2. The lowest BCUT2D eigenvalue weighted by Crippen LogP contribution is -2.57. The molecular weight excluding hydrogens is 346 g/mol. The number of carbonyl (C=O) groups excluding carboxylic acids is 4. The van der Waals surface area contributed by atoms with Crippen LogP contribution in [0.25, 0.3) is 0 Å². The lowest BCUT2D eigenvalue weighted by atomic mass is 10.1. The molecule has 0 radical (unpaired) electrons. The molecule has 2 heterocycles. The van der Waals surface area contributed by atoms with Crippen molar-refractivity contribution in [3.63, 3.8) is 0 Å². The Balaban J connectivity index is 1.80. The third kappa shape index (κ3) is 5.28. The van der Waals surface area contributed by atoms with Crippen molar-refractivity contribution >= 4 is 35.0 Å². The summed E-state index contributed by atoms with van der Waals surface area (Å²) < 4.78 is 4.59. The minimum atomic E-state index is -0.839.